The Bertz CT molecular complexity index is 402. The van der Waals surface area contributed by atoms with Crippen molar-refractivity contribution in [3.63, 3.8) is 0 Å². The van der Waals surface area contributed by atoms with Crippen molar-refractivity contribution in [1.82, 2.24) is 5.32 Å². The first-order valence-corrected chi connectivity index (χ1v) is 7.22. The highest BCUT2D eigenvalue weighted by atomic mass is 16.5. The van der Waals surface area contributed by atoms with Crippen LogP contribution < -0.4 is 10.1 Å². The summed E-state index contributed by atoms with van der Waals surface area (Å²) in [6.07, 6.45) is 3.63. The second-order valence-electron chi connectivity index (χ2n) is 5.80. The van der Waals surface area contributed by atoms with Crippen LogP contribution in [0.25, 0.3) is 0 Å². The van der Waals surface area contributed by atoms with Gasteiger partial charge in [-0.2, -0.15) is 0 Å². The van der Waals surface area contributed by atoms with E-state index in [9.17, 15) is 0 Å². The van der Waals surface area contributed by atoms with Crippen LogP contribution in [-0.2, 0) is 6.54 Å². The average Bonchev–Trinajstić information content (AvgIpc) is 2.44. The van der Waals surface area contributed by atoms with Crippen LogP contribution in [0.1, 0.15) is 32.3 Å². The number of nitrogens with one attached hydrogen (secondary N) is 1. The summed E-state index contributed by atoms with van der Waals surface area (Å²) in [4.78, 5) is 0. The first-order valence-electron chi connectivity index (χ1n) is 7.22. The van der Waals surface area contributed by atoms with Gasteiger partial charge in [-0.25, -0.2) is 0 Å². The minimum atomic E-state index is 0.194. The van der Waals surface area contributed by atoms with E-state index in [1.165, 1.54) is 0 Å². The van der Waals surface area contributed by atoms with Gasteiger partial charge >= 0.3 is 0 Å². The summed E-state index contributed by atoms with van der Waals surface area (Å²) in [6.45, 7) is 10.6. The van der Waals surface area contributed by atoms with E-state index in [0.717, 1.165) is 37.2 Å². The van der Waals surface area contributed by atoms with E-state index >= 15 is 0 Å². The molecule has 20 heavy (non-hydrogen) atoms. The third-order valence-electron chi connectivity index (χ3n) is 3.26. The van der Waals surface area contributed by atoms with Crippen LogP contribution >= 0.6 is 0 Å². The maximum atomic E-state index is 8.91. The number of ether oxygens (including phenoxy) is 1. The lowest BCUT2D eigenvalue weighted by Gasteiger charge is -2.25. The Kier molecular flexibility index (Phi) is 7.34. The van der Waals surface area contributed by atoms with E-state index in [-0.39, 0.29) is 12.0 Å². The van der Waals surface area contributed by atoms with Crippen LogP contribution in [0.4, 0.5) is 0 Å². The molecule has 0 aromatic heterocycles. The van der Waals surface area contributed by atoms with Crippen molar-refractivity contribution in [3.05, 3.63) is 42.5 Å². The van der Waals surface area contributed by atoms with Gasteiger partial charge in [0.1, 0.15) is 12.4 Å². The Balaban J connectivity index is 2.46. The van der Waals surface area contributed by atoms with Crippen molar-refractivity contribution in [1.29, 1.82) is 0 Å². The maximum Gasteiger partial charge on any atom is 0.124 e. The summed E-state index contributed by atoms with van der Waals surface area (Å²) in [5, 5.41) is 12.4. The Morgan fingerprint density at radius 2 is 2.10 bits per heavy atom. The third-order valence-corrected chi connectivity index (χ3v) is 3.26. The number of hydrogen-bond acceptors (Lipinski definition) is 3. The fourth-order valence-corrected chi connectivity index (χ4v) is 2.12. The summed E-state index contributed by atoms with van der Waals surface area (Å²) < 4.78 is 5.64. The van der Waals surface area contributed by atoms with Gasteiger partial charge in [-0.1, -0.05) is 44.7 Å². The molecule has 0 amide bonds. The van der Waals surface area contributed by atoms with Crippen molar-refractivity contribution in [3.8, 4) is 5.75 Å². The van der Waals surface area contributed by atoms with E-state index in [2.05, 4.69) is 31.8 Å². The van der Waals surface area contributed by atoms with Crippen LogP contribution in [0.5, 0.6) is 5.75 Å². The quantitative estimate of drug-likeness (QED) is 0.646. The zero-order chi connectivity index (χ0) is 14.8. The van der Waals surface area contributed by atoms with Crippen molar-refractivity contribution >= 4 is 0 Å². The second-order valence-corrected chi connectivity index (χ2v) is 5.80. The third kappa shape index (κ3) is 6.22. The largest absolute Gasteiger partial charge is 0.489 e. The van der Waals surface area contributed by atoms with Crippen molar-refractivity contribution in [2.75, 3.05) is 19.8 Å². The fourth-order valence-electron chi connectivity index (χ4n) is 2.12. The Hall–Kier alpha value is -1.32. The summed E-state index contributed by atoms with van der Waals surface area (Å²) in [7, 11) is 0. The molecule has 0 heterocycles. The van der Waals surface area contributed by atoms with Gasteiger partial charge in [-0.3, -0.25) is 0 Å². The Morgan fingerprint density at radius 3 is 2.80 bits per heavy atom. The molecule has 0 atom stereocenters. The SMILES string of the molecule is C=CCOc1ccccc1CNCC(C)(C)CCCO. The molecule has 0 spiro atoms. The van der Waals surface area contributed by atoms with Crippen LogP contribution in [0.15, 0.2) is 36.9 Å². The zero-order valence-corrected chi connectivity index (χ0v) is 12.7. The number of rotatable bonds is 10. The number of aliphatic hydroxyl groups excluding tert-OH is 1. The highest BCUT2D eigenvalue weighted by Crippen LogP contribution is 2.22. The van der Waals surface area contributed by atoms with E-state index in [1.807, 2.05) is 18.2 Å². The molecule has 1 aromatic rings. The van der Waals surface area contributed by atoms with Gasteiger partial charge in [0.15, 0.2) is 0 Å². The zero-order valence-electron chi connectivity index (χ0n) is 12.7. The van der Waals surface area contributed by atoms with E-state index in [0.29, 0.717) is 6.61 Å². The van der Waals surface area contributed by atoms with E-state index in [4.69, 9.17) is 9.84 Å². The highest BCUT2D eigenvalue weighted by molar-refractivity contribution is 5.33. The van der Waals surface area contributed by atoms with Crippen molar-refractivity contribution in [2.24, 2.45) is 5.41 Å². The fraction of sp³-hybridized carbons (Fsp3) is 0.529. The lowest BCUT2D eigenvalue weighted by molar-refractivity contribution is 0.236. The monoisotopic (exact) mass is 277 g/mol. The predicted octanol–water partition coefficient (Wildman–Crippen LogP) is 3.14. The van der Waals surface area contributed by atoms with Crippen LogP contribution in [0.3, 0.4) is 0 Å². The number of hydrogen-bond donors (Lipinski definition) is 2. The second kappa shape index (κ2) is 8.77. The van der Waals surface area contributed by atoms with Crippen LogP contribution in [-0.4, -0.2) is 24.9 Å². The molecular formula is C17H27NO2. The molecule has 0 bridgehead atoms. The molecule has 0 aliphatic rings. The van der Waals surface area contributed by atoms with Gasteiger partial charge in [-0.05, 0) is 24.3 Å². The average molecular weight is 277 g/mol. The van der Waals surface area contributed by atoms with Gasteiger partial charge in [0.05, 0.1) is 0 Å². The molecule has 112 valence electrons. The Labute approximate surface area is 122 Å². The molecule has 3 heteroatoms. The number of aliphatic hydroxyl groups is 1. The smallest absolute Gasteiger partial charge is 0.124 e. The van der Waals surface area contributed by atoms with Gasteiger partial charge < -0.3 is 15.2 Å². The minimum absolute atomic E-state index is 0.194. The van der Waals surface area contributed by atoms with Gasteiger partial charge in [0.2, 0.25) is 0 Å². The molecule has 0 saturated carbocycles. The molecule has 2 N–H and O–H groups in total. The van der Waals surface area contributed by atoms with Gasteiger partial charge in [-0.15, -0.1) is 0 Å². The molecule has 0 radical (unpaired) electrons. The first-order chi connectivity index (χ1) is 9.59. The van der Waals surface area contributed by atoms with Gasteiger partial charge in [0.25, 0.3) is 0 Å². The molecule has 0 aliphatic heterocycles. The molecule has 3 nitrogen and oxygen atoms in total. The molecule has 0 saturated heterocycles. The molecule has 0 unspecified atom stereocenters. The first kappa shape index (κ1) is 16.7. The molecule has 1 rings (SSSR count). The van der Waals surface area contributed by atoms with E-state index in [1.54, 1.807) is 6.08 Å². The minimum Gasteiger partial charge on any atom is -0.489 e. The van der Waals surface area contributed by atoms with Crippen molar-refractivity contribution < 1.29 is 9.84 Å². The normalized spacial score (nSPS) is 11.3. The number of para-hydroxylation sites is 1. The maximum absolute atomic E-state index is 8.91. The summed E-state index contributed by atoms with van der Waals surface area (Å²) >= 11 is 0. The molecule has 1 aromatic carbocycles. The topological polar surface area (TPSA) is 41.5 Å². The van der Waals surface area contributed by atoms with Crippen LogP contribution in [0.2, 0.25) is 0 Å². The van der Waals surface area contributed by atoms with E-state index < -0.39 is 0 Å². The molecular weight excluding hydrogens is 250 g/mol. The predicted molar refractivity (Wildman–Crippen MR) is 83.9 cm³/mol. The summed E-state index contributed by atoms with van der Waals surface area (Å²) in [5.41, 5.74) is 1.35. The lowest BCUT2D eigenvalue weighted by atomic mass is 9.88. The van der Waals surface area contributed by atoms with Gasteiger partial charge in [0, 0.05) is 25.3 Å². The molecule has 0 fully saturated rings. The molecule has 0 aliphatic carbocycles. The Morgan fingerprint density at radius 1 is 1.35 bits per heavy atom. The lowest BCUT2D eigenvalue weighted by Crippen LogP contribution is -2.29. The number of benzene rings is 1. The highest BCUT2D eigenvalue weighted by Gasteiger charge is 2.16. The summed E-state index contributed by atoms with van der Waals surface area (Å²) in [6, 6.07) is 8.06. The standard InChI is InChI=1S/C17H27NO2/c1-4-12-20-16-9-6-5-8-15(16)13-18-14-17(2,3)10-7-11-19/h4-6,8-9,18-19H,1,7,10-14H2,2-3H3. The van der Waals surface area contributed by atoms with Crippen molar-refractivity contribution in [2.45, 2.75) is 33.2 Å². The van der Waals surface area contributed by atoms with Crippen LogP contribution in [0, 0.1) is 5.41 Å². The summed E-state index contributed by atoms with van der Waals surface area (Å²) in [5.74, 6) is 0.910.